The maximum Gasteiger partial charge on any atom is 0.121 e. The third kappa shape index (κ3) is 3.22. The van der Waals surface area contributed by atoms with Crippen molar-refractivity contribution in [2.75, 3.05) is 5.73 Å². The first-order valence-corrected chi connectivity index (χ1v) is 6.31. The summed E-state index contributed by atoms with van der Waals surface area (Å²) in [5, 5.41) is 1.51. The van der Waals surface area contributed by atoms with Gasteiger partial charge in [-0.1, -0.05) is 40.9 Å². The fraction of sp³-hybridized carbons (Fsp3) is 0.0769. The van der Waals surface area contributed by atoms with Crippen molar-refractivity contribution < 1.29 is 4.74 Å². The van der Waals surface area contributed by atoms with Crippen LogP contribution < -0.4 is 10.5 Å². The first-order valence-electron chi connectivity index (χ1n) is 5.18. The second-order valence-corrected chi connectivity index (χ2v) is 4.94. The Bertz CT molecular complexity index is 521. The lowest BCUT2D eigenvalue weighted by Crippen LogP contribution is -1.96. The molecule has 0 aromatic heterocycles. The molecule has 2 aromatic rings. The average Bonchev–Trinajstić information content (AvgIpc) is 2.35. The number of hydrogen-bond acceptors (Lipinski definition) is 2. The summed E-state index contributed by atoms with van der Waals surface area (Å²) in [7, 11) is 0. The van der Waals surface area contributed by atoms with Crippen molar-refractivity contribution >= 4 is 40.5 Å². The minimum absolute atomic E-state index is 0.386. The van der Waals surface area contributed by atoms with Crippen LogP contribution in [0.15, 0.2) is 36.4 Å². The quantitative estimate of drug-likeness (QED) is 0.826. The van der Waals surface area contributed by atoms with Crippen molar-refractivity contribution in [1.29, 1.82) is 0 Å². The van der Waals surface area contributed by atoms with Gasteiger partial charge in [-0.05, 0) is 29.8 Å². The van der Waals surface area contributed by atoms with Crippen LogP contribution in [0.4, 0.5) is 5.69 Å². The van der Waals surface area contributed by atoms with Crippen LogP contribution in [-0.4, -0.2) is 0 Å². The van der Waals surface area contributed by atoms with Gasteiger partial charge in [0.05, 0.1) is 20.8 Å². The second kappa shape index (κ2) is 5.70. The fourth-order valence-corrected chi connectivity index (χ4v) is 1.88. The predicted molar refractivity (Wildman–Crippen MR) is 76.7 cm³/mol. The highest BCUT2D eigenvalue weighted by atomic mass is 35.5. The summed E-state index contributed by atoms with van der Waals surface area (Å²) in [5.41, 5.74) is 7.07. The molecule has 2 rings (SSSR count). The normalized spacial score (nSPS) is 10.4. The van der Waals surface area contributed by atoms with Gasteiger partial charge >= 0.3 is 0 Å². The molecule has 0 saturated heterocycles. The van der Waals surface area contributed by atoms with Gasteiger partial charge < -0.3 is 10.5 Å². The standard InChI is InChI=1S/C13H10Cl3NO/c14-10-3-1-8(5-11(10)15)7-18-9-2-4-13(17)12(16)6-9/h1-6H,7,17H2. The second-order valence-electron chi connectivity index (χ2n) is 3.72. The van der Waals surface area contributed by atoms with E-state index < -0.39 is 0 Å². The molecule has 0 amide bonds. The molecule has 0 heterocycles. The van der Waals surface area contributed by atoms with E-state index in [-0.39, 0.29) is 0 Å². The number of ether oxygens (including phenoxy) is 1. The Morgan fingerprint density at radius 3 is 2.33 bits per heavy atom. The summed E-state index contributed by atoms with van der Waals surface area (Å²) >= 11 is 17.6. The van der Waals surface area contributed by atoms with E-state index >= 15 is 0 Å². The fourth-order valence-electron chi connectivity index (χ4n) is 1.39. The number of nitrogens with two attached hydrogens (primary N) is 1. The number of benzene rings is 2. The van der Waals surface area contributed by atoms with Crippen molar-refractivity contribution in [2.45, 2.75) is 6.61 Å². The molecular weight excluding hydrogens is 293 g/mol. The summed E-state index contributed by atoms with van der Waals surface area (Å²) in [6, 6.07) is 10.5. The van der Waals surface area contributed by atoms with Crippen LogP contribution in [-0.2, 0) is 6.61 Å². The smallest absolute Gasteiger partial charge is 0.121 e. The Morgan fingerprint density at radius 2 is 1.67 bits per heavy atom. The van der Waals surface area contributed by atoms with Crippen molar-refractivity contribution in [3.8, 4) is 5.75 Å². The molecule has 0 bridgehead atoms. The van der Waals surface area contributed by atoms with Crippen LogP contribution in [0.25, 0.3) is 0 Å². The van der Waals surface area contributed by atoms with Crippen molar-refractivity contribution in [3.05, 3.63) is 57.0 Å². The lowest BCUT2D eigenvalue weighted by atomic mass is 10.2. The van der Waals surface area contributed by atoms with Crippen molar-refractivity contribution in [1.82, 2.24) is 0 Å². The highest BCUT2D eigenvalue weighted by Crippen LogP contribution is 2.26. The third-order valence-corrected chi connectivity index (χ3v) is 3.43. The number of hydrogen-bond donors (Lipinski definition) is 1. The lowest BCUT2D eigenvalue weighted by Gasteiger charge is -2.08. The number of halogens is 3. The summed E-state index contributed by atoms with van der Waals surface area (Å²) in [4.78, 5) is 0. The first kappa shape index (κ1) is 13.3. The van der Waals surface area contributed by atoms with Crippen LogP contribution in [0, 0.1) is 0 Å². The molecular formula is C13H10Cl3NO. The van der Waals surface area contributed by atoms with Gasteiger partial charge in [-0.25, -0.2) is 0 Å². The highest BCUT2D eigenvalue weighted by molar-refractivity contribution is 6.42. The van der Waals surface area contributed by atoms with Crippen LogP contribution in [0.5, 0.6) is 5.75 Å². The van der Waals surface area contributed by atoms with Crippen LogP contribution >= 0.6 is 34.8 Å². The summed E-state index contributed by atoms with van der Waals surface area (Å²) in [6.45, 7) is 0.386. The molecule has 0 unspecified atom stereocenters. The van der Waals surface area contributed by atoms with E-state index in [4.69, 9.17) is 45.3 Å². The predicted octanol–water partition coefficient (Wildman–Crippen LogP) is 4.81. The Balaban J connectivity index is 2.06. The SMILES string of the molecule is Nc1ccc(OCc2ccc(Cl)c(Cl)c2)cc1Cl. The van der Waals surface area contributed by atoms with Crippen molar-refractivity contribution in [3.63, 3.8) is 0 Å². The van der Waals surface area contributed by atoms with E-state index in [1.54, 1.807) is 30.3 Å². The van der Waals surface area contributed by atoms with E-state index in [0.29, 0.717) is 33.1 Å². The maximum atomic E-state index is 5.92. The van der Waals surface area contributed by atoms with Gasteiger partial charge in [0.15, 0.2) is 0 Å². The molecule has 94 valence electrons. The van der Waals surface area contributed by atoms with Gasteiger partial charge in [-0.2, -0.15) is 0 Å². The van der Waals surface area contributed by atoms with Gasteiger partial charge in [0.1, 0.15) is 12.4 Å². The van der Waals surface area contributed by atoms with E-state index in [2.05, 4.69) is 0 Å². The molecule has 2 N–H and O–H groups in total. The van der Waals surface area contributed by atoms with E-state index in [9.17, 15) is 0 Å². The minimum atomic E-state index is 0.386. The Labute approximate surface area is 120 Å². The van der Waals surface area contributed by atoms with Crippen LogP contribution in [0.1, 0.15) is 5.56 Å². The van der Waals surface area contributed by atoms with Gasteiger partial charge in [-0.15, -0.1) is 0 Å². The monoisotopic (exact) mass is 301 g/mol. The molecule has 18 heavy (non-hydrogen) atoms. The van der Waals surface area contributed by atoms with Gasteiger partial charge in [-0.3, -0.25) is 0 Å². The number of anilines is 1. The largest absolute Gasteiger partial charge is 0.489 e. The molecule has 0 aliphatic rings. The molecule has 5 heteroatoms. The maximum absolute atomic E-state index is 5.92. The topological polar surface area (TPSA) is 35.2 Å². The van der Waals surface area contributed by atoms with Crippen molar-refractivity contribution in [2.24, 2.45) is 0 Å². The number of rotatable bonds is 3. The third-order valence-electron chi connectivity index (χ3n) is 2.36. The van der Waals surface area contributed by atoms with E-state index in [1.165, 1.54) is 0 Å². The summed E-state index contributed by atoms with van der Waals surface area (Å²) in [6.07, 6.45) is 0. The summed E-state index contributed by atoms with van der Waals surface area (Å²) in [5.74, 6) is 0.653. The zero-order chi connectivity index (χ0) is 13.1. The Hall–Kier alpha value is -1.09. The molecule has 2 aromatic carbocycles. The zero-order valence-electron chi connectivity index (χ0n) is 9.29. The minimum Gasteiger partial charge on any atom is -0.489 e. The van der Waals surface area contributed by atoms with Gasteiger partial charge in [0, 0.05) is 6.07 Å². The Morgan fingerprint density at radius 1 is 0.889 bits per heavy atom. The first-order chi connectivity index (χ1) is 8.56. The molecule has 0 aliphatic heterocycles. The number of nitrogen functional groups attached to an aromatic ring is 1. The summed E-state index contributed by atoms with van der Waals surface area (Å²) < 4.78 is 5.58. The van der Waals surface area contributed by atoms with E-state index in [0.717, 1.165) is 5.56 Å². The Kier molecular flexibility index (Phi) is 4.23. The molecule has 0 aliphatic carbocycles. The van der Waals surface area contributed by atoms with Gasteiger partial charge in [0.2, 0.25) is 0 Å². The molecule has 2 nitrogen and oxygen atoms in total. The van der Waals surface area contributed by atoms with Crippen LogP contribution in [0.3, 0.4) is 0 Å². The zero-order valence-corrected chi connectivity index (χ0v) is 11.6. The van der Waals surface area contributed by atoms with Crippen LogP contribution in [0.2, 0.25) is 15.1 Å². The van der Waals surface area contributed by atoms with E-state index in [1.807, 2.05) is 6.07 Å². The van der Waals surface area contributed by atoms with Gasteiger partial charge in [0.25, 0.3) is 0 Å². The molecule has 0 fully saturated rings. The molecule has 0 saturated carbocycles. The lowest BCUT2D eigenvalue weighted by molar-refractivity contribution is 0.306. The highest BCUT2D eigenvalue weighted by Gasteiger charge is 2.02. The molecule has 0 spiro atoms. The molecule has 0 radical (unpaired) electrons. The average molecular weight is 303 g/mol. The molecule has 0 atom stereocenters.